The Morgan fingerprint density at radius 2 is 1.92 bits per heavy atom. The minimum absolute atomic E-state index is 0.0495. The van der Waals surface area contributed by atoms with Gasteiger partial charge >= 0.3 is 0 Å². The van der Waals surface area contributed by atoms with Gasteiger partial charge in [0.15, 0.2) is 5.13 Å². The number of hydrogen-bond acceptors (Lipinski definition) is 6. The summed E-state index contributed by atoms with van der Waals surface area (Å²) in [6.45, 7) is 3.57. The van der Waals surface area contributed by atoms with Crippen LogP contribution in [0.1, 0.15) is 40.7 Å². The normalized spacial score (nSPS) is 17.5. The van der Waals surface area contributed by atoms with Crippen molar-refractivity contribution in [2.45, 2.75) is 43.6 Å². The van der Waals surface area contributed by atoms with Crippen LogP contribution in [-0.4, -0.2) is 45.1 Å². The number of rotatable bonds is 6. The molecule has 38 heavy (non-hydrogen) atoms. The first-order chi connectivity index (χ1) is 18.4. The second-order valence-corrected chi connectivity index (χ2v) is 12.7. The Balaban J connectivity index is 1.30. The molecule has 1 aromatic heterocycles. The number of aryl methyl sites for hydroxylation is 2. The number of sulfonamides is 1. The lowest BCUT2D eigenvalue weighted by Gasteiger charge is -2.30. The number of carbonyl (C=O) groups is 1. The zero-order valence-electron chi connectivity index (χ0n) is 21.2. The van der Waals surface area contributed by atoms with Gasteiger partial charge in [-0.2, -0.15) is 0 Å². The average Bonchev–Trinajstić information content (AvgIpc) is 3.60. The molecule has 3 heterocycles. The Morgan fingerprint density at radius 3 is 2.71 bits per heavy atom. The zero-order chi connectivity index (χ0) is 26.3. The van der Waals surface area contributed by atoms with Crippen LogP contribution < -0.4 is 9.21 Å². The van der Waals surface area contributed by atoms with Crippen molar-refractivity contribution in [2.75, 3.05) is 28.9 Å². The monoisotopic (exact) mass is 547 g/mol. The van der Waals surface area contributed by atoms with Crippen LogP contribution in [0.4, 0.5) is 10.8 Å². The van der Waals surface area contributed by atoms with Crippen molar-refractivity contribution in [3.05, 3.63) is 83.4 Å². The summed E-state index contributed by atoms with van der Waals surface area (Å²) in [5.41, 5.74) is 4.16. The van der Waals surface area contributed by atoms with Gasteiger partial charge in [-0.15, -0.1) is 0 Å². The summed E-state index contributed by atoms with van der Waals surface area (Å²) in [5, 5.41) is 0.618. The number of carbonyl (C=O) groups excluding carboxylic acids is 1. The molecule has 0 bridgehead atoms. The zero-order valence-corrected chi connectivity index (χ0v) is 22.8. The molecule has 2 aliphatic heterocycles. The number of fused-ring (bicyclic) bond motifs is 2. The van der Waals surface area contributed by atoms with Crippen LogP contribution >= 0.6 is 11.3 Å². The van der Waals surface area contributed by atoms with Gasteiger partial charge in [-0.05, 0) is 86.2 Å². The van der Waals surface area contributed by atoms with Crippen LogP contribution in [0.3, 0.4) is 0 Å². The molecule has 7 nitrogen and oxygen atoms in total. The van der Waals surface area contributed by atoms with Gasteiger partial charge < -0.3 is 4.74 Å². The topological polar surface area (TPSA) is 79.8 Å². The Kier molecular flexibility index (Phi) is 6.67. The molecule has 1 saturated heterocycles. The number of anilines is 2. The van der Waals surface area contributed by atoms with E-state index in [9.17, 15) is 13.2 Å². The first-order valence-corrected chi connectivity index (χ1v) is 15.2. The summed E-state index contributed by atoms with van der Waals surface area (Å²) in [4.78, 5) is 20.4. The molecule has 1 fully saturated rings. The lowest BCUT2D eigenvalue weighted by atomic mass is 10.0. The van der Waals surface area contributed by atoms with E-state index < -0.39 is 10.0 Å². The van der Waals surface area contributed by atoms with Crippen molar-refractivity contribution < 1.29 is 17.9 Å². The number of thiazole rings is 1. The van der Waals surface area contributed by atoms with Crippen molar-refractivity contribution in [3.63, 3.8) is 0 Å². The van der Waals surface area contributed by atoms with E-state index in [1.54, 1.807) is 17.0 Å². The van der Waals surface area contributed by atoms with E-state index in [1.165, 1.54) is 27.8 Å². The second-order valence-electron chi connectivity index (χ2n) is 9.85. The molecule has 196 valence electrons. The highest BCUT2D eigenvalue weighted by molar-refractivity contribution is 7.92. The molecule has 1 atom stereocenters. The third-order valence-corrected chi connectivity index (χ3v) is 10.0. The largest absolute Gasteiger partial charge is 0.376 e. The van der Waals surface area contributed by atoms with Crippen molar-refractivity contribution in [2.24, 2.45) is 0 Å². The summed E-state index contributed by atoms with van der Waals surface area (Å²) in [6, 6.07) is 20.0. The third kappa shape index (κ3) is 4.70. The molecule has 0 spiro atoms. The molecule has 0 N–H and O–H groups in total. The van der Waals surface area contributed by atoms with Crippen molar-refractivity contribution in [1.82, 2.24) is 4.98 Å². The number of nitrogens with zero attached hydrogens (tertiary/aromatic N) is 3. The van der Waals surface area contributed by atoms with Gasteiger partial charge in [0, 0.05) is 18.7 Å². The molecule has 3 aromatic carbocycles. The molecular formula is C29H29N3O4S2. The maximum atomic E-state index is 13.8. The van der Waals surface area contributed by atoms with Gasteiger partial charge in [0.1, 0.15) is 0 Å². The maximum Gasteiger partial charge on any atom is 0.264 e. The van der Waals surface area contributed by atoms with Crippen LogP contribution in [0, 0.1) is 6.92 Å². The van der Waals surface area contributed by atoms with Crippen LogP contribution in [0.25, 0.3) is 10.2 Å². The molecule has 4 aromatic rings. The summed E-state index contributed by atoms with van der Waals surface area (Å²) in [7, 11) is -3.75. The van der Waals surface area contributed by atoms with Crippen molar-refractivity contribution >= 4 is 48.3 Å². The van der Waals surface area contributed by atoms with E-state index >= 15 is 0 Å². The summed E-state index contributed by atoms with van der Waals surface area (Å²) < 4.78 is 35.4. The van der Waals surface area contributed by atoms with Crippen molar-refractivity contribution in [1.29, 1.82) is 0 Å². The Bertz CT molecular complexity index is 1590. The Hall–Kier alpha value is -3.27. The van der Waals surface area contributed by atoms with E-state index in [0.717, 1.165) is 52.7 Å². The minimum atomic E-state index is -3.75. The van der Waals surface area contributed by atoms with E-state index in [1.807, 2.05) is 43.3 Å². The molecule has 6 rings (SSSR count). The average molecular weight is 548 g/mol. The summed E-state index contributed by atoms with van der Waals surface area (Å²) in [5.74, 6) is -0.219. The second kappa shape index (κ2) is 10.1. The number of ether oxygens (including phenoxy) is 1. The smallest absolute Gasteiger partial charge is 0.264 e. The minimum Gasteiger partial charge on any atom is -0.376 e. The van der Waals surface area contributed by atoms with Crippen LogP contribution in [0.15, 0.2) is 71.6 Å². The van der Waals surface area contributed by atoms with E-state index in [2.05, 4.69) is 6.07 Å². The molecule has 0 aliphatic carbocycles. The third-order valence-electron chi connectivity index (χ3n) is 7.18. The Labute approximate surface area is 226 Å². The SMILES string of the molecule is Cc1ccc2nc(N(CC3CCCO3)C(=O)c3ccc(S(=O)(=O)N4CCCc5ccccc54)cc3)sc2c1. The summed E-state index contributed by atoms with van der Waals surface area (Å²) >= 11 is 1.48. The van der Waals surface area contributed by atoms with Gasteiger partial charge in [0.25, 0.3) is 15.9 Å². The van der Waals surface area contributed by atoms with Gasteiger partial charge in [0.2, 0.25) is 0 Å². The fourth-order valence-electron chi connectivity index (χ4n) is 5.18. The predicted octanol–water partition coefficient (Wildman–Crippen LogP) is 5.57. The van der Waals surface area contributed by atoms with Gasteiger partial charge in [-0.3, -0.25) is 14.0 Å². The van der Waals surface area contributed by atoms with Gasteiger partial charge in [-0.1, -0.05) is 35.6 Å². The molecule has 0 radical (unpaired) electrons. The highest BCUT2D eigenvalue weighted by Gasteiger charge is 2.30. The molecular weight excluding hydrogens is 518 g/mol. The molecule has 1 amide bonds. The Morgan fingerprint density at radius 1 is 1.11 bits per heavy atom. The quantitative estimate of drug-likeness (QED) is 0.315. The molecule has 9 heteroatoms. The first kappa shape index (κ1) is 25.0. The van der Waals surface area contributed by atoms with Gasteiger partial charge in [0.05, 0.1) is 33.4 Å². The molecule has 1 unspecified atom stereocenters. The number of amides is 1. The maximum absolute atomic E-state index is 13.8. The highest BCUT2D eigenvalue weighted by Crippen LogP contribution is 2.33. The fourth-order valence-corrected chi connectivity index (χ4v) is 7.79. The van der Waals surface area contributed by atoms with Crippen molar-refractivity contribution in [3.8, 4) is 0 Å². The van der Waals surface area contributed by atoms with Crippen LogP contribution in [0.2, 0.25) is 0 Å². The summed E-state index contributed by atoms with van der Waals surface area (Å²) in [6.07, 6.45) is 3.44. The molecule has 0 saturated carbocycles. The number of para-hydroxylation sites is 1. The lowest BCUT2D eigenvalue weighted by molar-refractivity contribution is 0.0917. The van der Waals surface area contributed by atoms with E-state index in [-0.39, 0.29) is 16.9 Å². The predicted molar refractivity (Wildman–Crippen MR) is 151 cm³/mol. The molecule has 2 aliphatic rings. The van der Waals surface area contributed by atoms with E-state index in [0.29, 0.717) is 30.4 Å². The first-order valence-electron chi connectivity index (χ1n) is 12.9. The van der Waals surface area contributed by atoms with Crippen LogP contribution in [0.5, 0.6) is 0 Å². The number of hydrogen-bond donors (Lipinski definition) is 0. The highest BCUT2D eigenvalue weighted by atomic mass is 32.2. The van der Waals surface area contributed by atoms with E-state index in [4.69, 9.17) is 9.72 Å². The lowest BCUT2D eigenvalue weighted by Crippen LogP contribution is -2.37. The van der Waals surface area contributed by atoms with Crippen LogP contribution in [-0.2, 0) is 21.2 Å². The standard InChI is InChI=1S/C29H29N3O4S2/c1-20-10-15-25-27(18-20)37-29(30-25)31(19-23-8-5-17-36-23)28(33)22-11-13-24(14-12-22)38(34,35)32-16-4-7-21-6-2-3-9-26(21)32/h2-3,6,9-15,18,23H,4-5,7-8,16-17,19H2,1H3. The number of benzene rings is 3. The fraction of sp³-hybridized carbons (Fsp3) is 0.310. The van der Waals surface area contributed by atoms with Gasteiger partial charge in [-0.25, -0.2) is 13.4 Å². The number of aromatic nitrogens is 1.